The van der Waals surface area contributed by atoms with Gasteiger partial charge in [-0.3, -0.25) is 4.79 Å². The minimum atomic E-state index is -0.651. The van der Waals surface area contributed by atoms with Crippen LogP contribution in [0, 0.1) is 23.1 Å². The Morgan fingerprint density at radius 3 is 2.67 bits per heavy atom. The fraction of sp³-hybridized carbons (Fsp3) is 0.333. The van der Waals surface area contributed by atoms with Gasteiger partial charge in [0.1, 0.15) is 5.82 Å². The van der Waals surface area contributed by atoms with Crippen molar-refractivity contribution in [2.24, 2.45) is 5.92 Å². The number of carbonyl (C=O) groups excluding carboxylic acids is 1. The molecule has 0 bridgehead atoms. The second-order valence-electron chi connectivity index (χ2n) is 6.61. The average Bonchev–Trinajstić information content (AvgIpc) is 3.15. The van der Waals surface area contributed by atoms with Crippen LogP contribution in [0.4, 0.5) is 4.39 Å². The lowest BCUT2D eigenvalue weighted by molar-refractivity contribution is 0.0782. The van der Waals surface area contributed by atoms with Crippen LogP contribution in [0.3, 0.4) is 0 Å². The van der Waals surface area contributed by atoms with Crippen molar-refractivity contribution in [3.05, 3.63) is 58.9 Å². The van der Waals surface area contributed by atoms with Crippen molar-refractivity contribution in [2.75, 3.05) is 27.3 Å². The van der Waals surface area contributed by atoms with Crippen molar-refractivity contribution in [1.29, 1.82) is 5.26 Å². The lowest BCUT2D eigenvalue weighted by atomic mass is 9.98. The second-order valence-corrected chi connectivity index (χ2v) is 6.61. The maximum atomic E-state index is 14.1. The number of rotatable bonds is 5. The van der Waals surface area contributed by atoms with Crippen LogP contribution in [0.5, 0.6) is 11.5 Å². The zero-order chi connectivity index (χ0) is 19.4. The molecular formula is C21H21FN2O3. The first-order chi connectivity index (χ1) is 13.0. The molecule has 140 valence electrons. The standard InChI is InChI=1S/C21H21FN2O3/c1-26-19-6-4-14(11-20(19)27-2)9-16-7-8-24(13-16)21(25)17-5-3-15(12-23)10-18(17)22/h3-6,10-11,16H,7-9,13H2,1-2H3. The molecule has 2 aromatic rings. The highest BCUT2D eigenvalue weighted by atomic mass is 19.1. The molecule has 1 fully saturated rings. The van der Waals surface area contributed by atoms with Gasteiger partial charge in [-0.15, -0.1) is 0 Å². The van der Waals surface area contributed by atoms with Gasteiger partial charge in [0.15, 0.2) is 11.5 Å². The maximum Gasteiger partial charge on any atom is 0.256 e. The second kappa shape index (κ2) is 8.09. The zero-order valence-electron chi connectivity index (χ0n) is 15.4. The minimum absolute atomic E-state index is 0.0146. The van der Waals surface area contributed by atoms with E-state index in [0.29, 0.717) is 30.5 Å². The van der Waals surface area contributed by atoms with Gasteiger partial charge in [0, 0.05) is 13.1 Å². The molecule has 0 aliphatic carbocycles. The highest BCUT2D eigenvalue weighted by molar-refractivity contribution is 5.94. The van der Waals surface area contributed by atoms with Crippen molar-refractivity contribution in [1.82, 2.24) is 4.90 Å². The van der Waals surface area contributed by atoms with Gasteiger partial charge in [-0.05, 0) is 54.7 Å². The number of amides is 1. The number of halogens is 1. The van der Waals surface area contributed by atoms with Crippen LogP contribution < -0.4 is 9.47 Å². The first-order valence-electron chi connectivity index (χ1n) is 8.75. The molecule has 1 saturated heterocycles. The predicted molar refractivity (Wildman–Crippen MR) is 98.4 cm³/mol. The number of hydrogen-bond donors (Lipinski definition) is 0. The molecular weight excluding hydrogens is 347 g/mol. The number of hydrogen-bond acceptors (Lipinski definition) is 4. The summed E-state index contributed by atoms with van der Waals surface area (Å²) in [5.41, 5.74) is 1.33. The number of benzene rings is 2. The van der Waals surface area contributed by atoms with E-state index in [0.717, 1.165) is 24.5 Å². The Bertz CT molecular complexity index is 891. The van der Waals surface area contributed by atoms with Crippen LogP contribution >= 0.6 is 0 Å². The van der Waals surface area contributed by atoms with E-state index in [1.165, 1.54) is 12.1 Å². The Kier molecular flexibility index (Phi) is 5.60. The van der Waals surface area contributed by atoms with Crippen LogP contribution in [-0.4, -0.2) is 38.1 Å². The van der Waals surface area contributed by atoms with Crippen LogP contribution in [0.2, 0.25) is 0 Å². The molecule has 0 radical (unpaired) electrons. The number of ether oxygens (including phenoxy) is 2. The van der Waals surface area contributed by atoms with Crippen LogP contribution in [0.25, 0.3) is 0 Å². The van der Waals surface area contributed by atoms with Crippen LogP contribution in [0.1, 0.15) is 27.9 Å². The SMILES string of the molecule is COc1ccc(CC2CCN(C(=O)c3ccc(C#N)cc3F)C2)cc1OC. The highest BCUT2D eigenvalue weighted by Crippen LogP contribution is 2.30. The quantitative estimate of drug-likeness (QED) is 0.811. The van der Waals surface area contributed by atoms with Gasteiger partial charge < -0.3 is 14.4 Å². The first-order valence-corrected chi connectivity index (χ1v) is 8.75. The third-order valence-corrected chi connectivity index (χ3v) is 4.87. The molecule has 1 heterocycles. The normalized spacial score (nSPS) is 16.1. The molecule has 0 aromatic heterocycles. The van der Waals surface area contributed by atoms with Gasteiger partial charge in [-0.2, -0.15) is 5.26 Å². The molecule has 1 amide bonds. The van der Waals surface area contributed by atoms with Crippen molar-refractivity contribution in [3.63, 3.8) is 0 Å². The molecule has 27 heavy (non-hydrogen) atoms. The van der Waals surface area contributed by atoms with Gasteiger partial charge in [-0.1, -0.05) is 6.07 Å². The van der Waals surface area contributed by atoms with E-state index in [9.17, 15) is 9.18 Å². The fourth-order valence-corrected chi connectivity index (χ4v) is 3.45. The maximum absolute atomic E-state index is 14.1. The van der Waals surface area contributed by atoms with Gasteiger partial charge in [0.05, 0.1) is 31.4 Å². The smallest absolute Gasteiger partial charge is 0.256 e. The van der Waals surface area contributed by atoms with Crippen molar-refractivity contribution in [3.8, 4) is 17.6 Å². The van der Waals surface area contributed by atoms with Gasteiger partial charge >= 0.3 is 0 Å². The lowest BCUT2D eigenvalue weighted by Gasteiger charge is -2.17. The van der Waals surface area contributed by atoms with Crippen LogP contribution in [-0.2, 0) is 6.42 Å². The summed E-state index contributed by atoms with van der Waals surface area (Å²) in [6.07, 6.45) is 1.66. The molecule has 0 saturated carbocycles. The lowest BCUT2D eigenvalue weighted by Crippen LogP contribution is -2.29. The van der Waals surface area contributed by atoms with E-state index in [1.807, 2.05) is 24.3 Å². The molecule has 1 aliphatic heterocycles. The Hall–Kier alpha value is -3.07. The summed E-state index contributed by atoms with van der Waals surface area (Å²) in [4.78, 5) is 14.3. The van der Waals surface area contributed by atoms with E-state index in [4.69, 9.17) is 14.7 Å². The summed E-state index contributed by atoms with van der Waals surface area (Å²) in [5, 5.41) is 8.82. The largest absolute Gasteiger partial charge is 0.493 e. The van der Waals surface area contributed by atoms with E-state index < -0.39 is 5.82 Å². The van der Waals surface area contributed by atoms with E-state index in [2.05, 4.69) is 0 Å². The van der Waals surface area contributed by atoms with Crippen molar-refractivity contribution >= 4 is 5.91 Å². The Morgan fingerprint density at radius 2 is 2.00 bits per heavy atom. The summed E-state index contributed by atoms with van der Waals surface area (Å²) in [7, 11) is 3.20. The minimum Gasteiger partial charge on any atom is -0.493 e. The molecule has 0 spiro atoms. The van der Waals surface area contributed by atoms with Gasteiger partial charge in [0.25, 0.3) is 5.91 Å². The third-order valence-electron chi connectivity index (χ3n) is 4.87. The molecule has 6 heteroatoms. The van der Waals surface area contributed by atoms with E-state index >= 15 is 0 Å². The molecule has 0 N–H and O–H groups in total. The number of nitrogens with zero attached hydrogens (tertiary/aromatic N) is 2. The predicted octanol–water partition coefficient (Wildman–Crippen LogP) is 3.42. The Balaban J connectivity index is 1.67. The highest BCUT2D eigenvalue weighted by Gasteiger charge is 2.28. The topological polar surface area (TPSA) is 62.6 Å². The van der Waals surface area contributed by atoms with E-state index in [-0.39, 0.29) is 17.0 Å². The van der Waals surface area contributed by atoms with Crippen LogP contribution in [0.15, 0.2) is 36.4 Å². The summed E-state index contributed by atoms with van der Waals surface area (Å²) in [6, 6.07) is 11.6. The molecule has 2 aromatic carbocycles. The molecule has 1 unspecified atom stereocenters. The number of nitriles is 1. The average molecular weight is 368 g/mol. The summed E-state index contributed by atoms with van der Waals surface area (Å²) < 4.78 is 24.7. The first kappa shape index (κ1) is 18.7. The Morgan fingerprint density at radius 1 is 1.22 bits per heavy atom. The van der Waals surface area contributed by atoms with Crippen molar-refractivity contribution in [2.45, 2.75) is 12.8 Å². The monoisotopic (exact) mass is 368 g/mol. The molecule has 5 nitrogen and oxygen atoms in total. The molecule has 3 rings (SSSR count). The van der Waals surface area contributed by atoms with Crippen molar-refractivity contribution < 1.29 is 18.7 Å². The Labute approximate surface area is 157 Å². The summed E-state index contributed by atoms with van der Waals surface area (Å²) >= 11 is 0. The fourth-order valence-electron chi connectivity index (χ4n) is 3.45. The van der Waals surface area contributed by atoms with Gasteiger partial charge in [0.2, 0.25) is 0 Å². The zero-order valence-corrected chi connectivity index (χ0v) is 15.4. The van der Waals surface area contributed by atoms with E-state index in [1.54, 1.807) is 19.1 Å². The summed E-state index contributed by atoms with van der Waals surface area (Å²) in [5.74, 6) is 0.684. The third kappa shape index (κ3) is 4.03. The number of carbonyl (C=O) groups is 1. The molecule has 1 aliphatic rings. The number of methoxy groups -OCH3 is 2. The number of likely N-dealkylation sites (tertiary alicyclic amines) is 1. The van der Waals surface area contributed by atoms with Gasteiger partial charge in [-0.25, -0.2) is 4.39 Å². The summed E-state index contributed by atoms with van der Waals surface area (Å²) in [6.45, 7) is 1.17. The molecule has 1 atom stereocenters.